The molecule has 180 valence electrons. The van der Waals surface area contributed by atoms with Crippen molar-refractivity contribution in [2.24, 2.45) is 0 Å². The van der Waals surface area contributed by atoms with Gasteiger partial charge in [-0.15, -0.1) is 0 Å². The van der Waals surface area contributed by atoms with Crippen molar-refractivity contribution < 1.29 is 32.3 Å². The highest BCUT2D eigenvalue weighted by Crippen LogP contribution is 2.22. The molecule has 0 aliphatic heterocycles. The fraction of sp³-hybridized carbons (Fsp3) is 0.208. The Kier molecular flexibility index (Phi) is 8.89. The number of benzene rings is 3. The summed E-state index contributed by atoms with van der Waals surface area (Å²) < 4.78 is 35.2. The van der Waals surface area contributed by atoms with Crippen LogP contribution in [0.4, 0.5) is 0 Å². The van der Waals surface area contributed by atoms with Crippen molar-refractivity contribution in [1.29, 1.82) is 0 Å². The fourth-order valence-electron chi connectivity index (χ4n) is 3.04. The van der Waals surface area contributed by atoms with Gasteiger partial charge in [0.15, 0.2) is 6.61 Å². The first kappa shape index (κ1) is 25.5. The molecule has 1 unspecified atom stereocenters. The highest BCUT2D eigenvalue weighted by Gasteiger charge is 2.17. The van der Waals surface area contributed by atoms with E-state index >= 15 is 0 Å². The molecule has 0 amide bonds. The quantitative estimate of drug-likeness (QED) is 0.253. The van der Waals surface area contributed by atoms with E-state index in [9.17, 15) is 18.3 Å². The molecule has 3 rings (SSSR count). The van der Waals surface area contributed by atoms with Gasteiger partial charge in [0.25, 0.3) is 0 Å². The summed E-state index contributed by atoms with van der Waals surface area (Å²) >= 11 is 5.94. The Labute approximate surface area is 202 Å². The van der Waals surface area contributed by atoms with Gasteiger partial charge in [-0.1, -0.05) is 35.9 Å². The van der Waals surface area contributed by atoms with Gasteiger partial charge in [0.05, 0.1) is 6.10 Å². The van der Waals surface area contributed by atoms with Crippen LogP contribution in [-0.4, -0.2) is 44.3 Å². The SMILES string of the molecule is O=C(O)COc1ccc(OS(=O)(=O)c2ccc(CCNCC(O)c3cccc(Cl)c3)cc2)cc1. The van der Waals surface area contributed by atoms with Crippen LogP contribution in [-0.2, 0) is 21.3 Å². The molecule has 0 aliphatic carbocycles. The Morgan fingerprint density at radius 1 is 1.00 bits per heavy atom. The van der Waals surface area contributed by atoms with Crippen molar-refractivity contribution in [2.75, 3.05) is 19.7 Å². The second-order valence-electron chi connectivity index (χ2n) is 7.36. The maximum Gasteiger partial charge on any atom is 0.341 e. The highest BCUT2D eigenvalue weighted by atomic mass is 35.5. The molecule has 0 fully saturated rings. The second kappa shape index (κ2) is 11.8. The van der Waals surface area contributed by atoms with Crippen molar-refractivity contribution in [3.63, 3.8) is 0 Å². The number of hydrogen-bond acceptors (Lipinski definition) is 7. The average Bonchev–Trinajstić information content (AvgIpc) is 2.81. The number of carbonyl (C=O) groups is 1. The largest absolute Gasteiger partial charge is 0.482 e. The lowest BCUT2D eigenvalue weighted by molar-refractivity contribution is -0.139. The summed E-state index contributed by atoms with van der Waals surface area (Å²) in [7, 11) is -4.03. The zero-order valence-corrected chi connectivity index (χ0v) is 19.6. The molecule has 0 radical (unpaired) electrons. The molecule has 0 aliphatic rings. The van der Waals surface area contributed by atoms with Gasteiger partial charge in [0.2, 0.25) is 0 Å². The van der Waals surface area contributed by atoms with Gasteiger partial charge in [-0.2, -0.15) is 8.42 Å². The number of aliphatic hydroxyl groups is 1. The number of carboxylic acid groups (broad SMARTS) is 1. The smallest absolute Gasteiger partial charge is 0.341 e. The summed E-state index contributed by atoms with van der Waals surface area (Å²) in [5.41, 5.74) is 1.65. The van der Waals surface area contributed by atoms with E-state index in [2.05, 4.69) is 5.32 Å². The molecule has 0 saturated heterocycles. The Morgan fingerprint density at radius 3 is 2.32 bits per heavy atom. The minimum Gasteiger partial charge on any atom is -0.482 e. The van der Waals surface area contributed by atoms with Crippen LogP contribution in [0, 0.1) is 0 Å². The monoisotopic (exact) mass is 505 g/mol. The van der Waals surface area contributed by atoms with Crippen molar-refractivity contribution >= 4 is 27.7 Å². The first-order chi connectivity index (χ1) is 16.2. The molecule has 0 spiro atoms. The van der Waals surface area contributed by atoms with Crippen molar-refractivity contribution in [2.45, 2.75) is 17.4 Å². The third kappa shape index (κ3) is 7.74. The lowest BCUT2D eigenvalue weighted by Crippen LogP contribution is -2.23. The summed E-state index contributed by atoms with van der Waals surface area (Å²) in [6, 6.07) is 19.0. The first-order valence-electron chi connectivity index (χ1n) is 10.4. The van der Waals surface area contributed by atoms with Gasteiger partial charge in [-0.05, 0) is 72.6 Å². The van der Waals surface area contributed by atoms with Crippen LogP contribution in [0.15, 0.2) is 77.7 Å². The molecule has 3 N–H and O–H groups in total. The van der Waals surface area contributed by atoms with E-state index in [0.29, 0.717) is 24.5 Å². The standard InChI is InChI=1S/C24H24ClNO7S/c25-19-3-1-2-18(14-19)23(27)15-26-13-12-17-4-10-22(11-5-17)34(30,31)33-21-8-6-20(7-9-21)32-16-24(28)29/h1-11,14,23,26-27H,12-13,15-16H2,(H,28,29). The second-order valence-corrected chi connectivity index (χ2v) is 9.34. The molecule has 3 aromatic rings. The van der Waals surface area contributed by atoms with Gasteiger partial charge in [-0.3, -0.25) is 0 Å². The van der Waals surface area contributed by atoms with Crippen LogP contribution in [0.2, 0.25) is 5.02 Å². The molecule has 0 bridgehead atoms. The van der Waals surface area contributed by atoms with Gasteiger partial charge in [0, 0.05) is 11.6 Å². The van der Waals surface area contributed by atoms with E-state index in [1.165, 1.54) is 36.4 Å². The molecule has 0 heterocycles. The van der Waals surface area contributed by atoms with Gasteiger partial charge < -0.3 is 24.4 Å². The summed E-state index contributed by atoms with van der Waals surface area (Å²) in [6.45, 7) is 0.458. The van der Waals surface area contributed by atoms with E-state index < -0.39 is 28.8 Å². The predicted octanol–water partition coefficient (Wildman–Crippen LogP) is 3.44. The van der Waals surface area contributed by atoms with E-state index in [0.717, 1.165) is 11.1 Å². The summed E-state index contributed by atoms with van der Waals surface area (Å²) in [4.78, 5) is 10.5. The van der Waals surface area contributed by atoms with Gasteiger partial charge >= 0.3 is 16.1 Å². The number of rotatable bonds is 12. The Morgan fingerprint density at radius 2 is 1.68 bits per heavy atom. The summed E-state index contributed by atoms with van der Waals surface area (Å²) in [5, 5.41) is 22.6. The van der Waals surface area contributed by atoms with Gasteiger partial charge in [-0.25, -0.2) is 4.79 Å². The Balaban J connectivity index is 1.48. The fourth-order valence-corrected chi connectivity index (χ4v) is 4.17. The van der Waals surface area contributed by atoms with E-state index in [1.54, 1.807) is 36.4 Å². The molecule has 8 nitrogen and oxygen atoms in total. The minimum atomic E-state index is -4.03. The Bertz CT molecular complexity index is 1200. The van der Waals surface area contributed by atoms with E-state index in [-0.39, 0.29) is 16.4 Å². The number of nitrogens with one attached hydrogen (secondary N) is 1. The van der Waals surface area contributed by atoms with Crippen molar-refractivity contribution in [1.82, 2.24) is 5.32 Å². The van der Waals surface area contributed by atoms with Gasteiger partial charge in [0.1, 0.15) is 16.4 Å². The normalized spacial score (nSPS) is 12.2. The lowest BCUT2D eigenvalue weighted by Gasteiger charge is -2.13. The number of ether oxygens (including phenoxy) is 1. The number of aliphatic carboxylic acids is 1. The molecule has 1 atom stereocenters. The maximum absolute atomic E-state index is 12.5. The summed E-state index contributed by atoms with van der Waals surface area (Å²) in [5.74, 6) is -0.753. The van der Waals surface area contributed by atoms with E-state index in [1.807, 2.05) is 0 Å². The van der Waals surface area contributed by atoms with Crippen molar-refractivity contribution in [3.05, 3.63) is 88.9 Å². The predicted molar refractivity (Wildman–Crippen MR) is 127 cm³/mol. The van der Waals surface area contributed by atoms with Crippen molar-refractivity contribution in [3.8, 4) is 11.5 Å². The maximum atomic E-state index is 12.5. The molecule has 0 saturated carbocycles. The van der Waals surface area contributed by atoms with Crippen LogP contribution < -0.4 is 14.2 Å². The number of carboxylic acids is 1. The number of hydrogen-bond donors (Lipinski definition) is 3. The average molecular weight is 506 g/mol. The zero-order chi connectivity index (χ0) is 24.6. The molecule has 0 aromatic heterocycles. The van der Waals surface area contributed by atoms with Crippen LogP contribution in [0.25, 0.3) is 0 Å². The topological polar surface area (TPSA) is 122 Å². The molecule has 34 heavy (non-hydrogen) atoms. The van der Waals surface area contributed by atoms with Crippen LogP contribution in [0.5, 0.6) is 11.5 Å². The van der Waals surface area contributed by atoms with E-state index in [4.69, 9.17) is 25.6 Å². The number of aliphatic hydroxyl groups excluding tert-OH is 1. The molecule has 10 heteroatoms. The van der Waals surface area contributed by atoms with Crippen LogP contribution in [0.1, 0.15) is 17.2 Å². The third-order valence-electron chi connectivity index (χ3n) is 4.77. The zero-order valence-electron chi connectivity index (χ0n) is 18.1. The molecular formula is C24H24ClNO7S. The lowest BCUT2D eigenvalue weighted by atomic mass is 10.1. The molecule has 3 aromatic carbocycles. The van der Waals surface area contributed by atoms with Crippen LogP contribution in [0.3, 0.4) is 0 Å². The van der Waals surface area contributed by atoms with Crippen LogP contribution >= 0.6 is 11.6 Å². The minimum absolute atomic E-state index is 0.00629. The highest BCUT2D eigenvalue weighted by molar-refractivity contribution is 7.87. The Hall–Kier alpha value is -3.11. The molecular weight excluding hydrogens is 482 g/mol. The summed E-state index contributed by atoms with van der Waals surface area (Å²) in [6.07, 6.45) is -0.0393. The third-order valence-corrected chi connectivity index (χ3v) is 6.26. The number of halogens is 1. The first-order valence-corrected chi connectivity index (χ1v) is 12.1.